The van der Waals surface area contributed by atoms with Crippen molar-refractivity contribution in [3.05, 3.63) is 47.8 Å². The normalized spacial score (nSPS) is 12.0. The summed E-state index contributed by atoms with van der Waals surface area (Å²) in [6.45, 7) is 0.0520. The highest BCUT2D eigenvalue weighted by Crippen LogP contribution is 2.21. The molecule has 0 amide bonds. The molecule has 0 spiro atoms. The first-order valence-corrected chi connectivity index (χ1v) is 8.10. The fourth-order valence-corrected chi connectivity index (χ4v) is 3.23. The Kier molecular flexibility index (Phi) is 4.65. The van der Waals surface area contributed by atoms with Gasteiger partial charge in [0.1, 0.15) is 16.5 Å². The number of imidazole rings is 1. The molecule has 1 heterocycles. The number of rotatable bonds is 5. The van der Waals surface area contributed by atoms with E-state index in [-0.39, 0.29) is 17.3 Å². The molecule has 2 rings (SSSR count). The minimum Gasteiger partial charge on any atom is -0.337 e. The summed E-state index contributed by atoms with van der Waals surface area (Å²) < 4.78 is 41.5. The highest BCUT2D eigenvalue weighted by molar-refractivity contribution is 7.89. The average Bonchev–Trinajstić information content (AvgIpc) is 2.84. The zero-order valence-electron chi connectivity index (χ0n) is 11.6. The Labute approximate surface area is 128 Å². The van der Waals surface area contributed by atoms with Crippen molar-refractivity contribution < 1.29 is 12.8 Å². The number of aryl methyl sites for hydroxylation is 1. The molecule has 0 N–H and O–H groups in total. The second kappa shape index (κ2) is 6.13. The molecule has 8 heteroatoms. The van der Waals surface area contributed by atoms with Crippen LogP contribution in [0.2, 0.25) is 0 Å². The van der Waals surface area contributed by atoms with Gasteiger partial charge in [0.15, 0.2) is 0 Å². The third-order valence-corrected chi connectivity index (χ3v) is 5.25. The number of aromatic nitrogens is 2. The van der Waals surface area contributed by atoms with Crippen molar-refractivity contribution in [2.75, 3.05) is 7.05 Å². The van der Waals surface area contributed by atoms with Crippen LogP contribution in [0.5, 0.6) is 0 Å². The fourth-order valence-electron chi connectivity index (χ4n) is 1.83. The van der Waals surface area contributed by atoms with E-state index in [1.165, 1.54) is 19.2 Å². The maximum Gasteiger partial charge on any atom is 0.246 e. The van der Waals surface area contributed by atoms with Crippen molar-refractivity contribution >= 4 is 21.6 Å². The largest absolute Gasteiger partial charge is 0.337 e. The minimum absolute atomic E-state index is 0.0520. The van der Waals surface area contributed by atoms with Crippen LogP contribution in [-0.2, 0) is 29.5 Å². The summed E-state index contributed by atoms with van der Waals surface area (Å²) in [6.07, 6.45) is 3.29. The molecule has 114 valence electrons. The topological polar surface area (TPSA) is 55.2 Å². The van der Waals surface area contributed by atoms with Gasteiger partial charge in [0.25, 0.3) is 0 Å². The third kappa shape index (κ3) is 3.25. The molecule has 1 aromatic heterocycles. The van der Waals surface area contributed by atoms with Gasteiger partial charge in [0, 0.05) is 32.4 Å². The number of sulfonamides is 1. The van der Waals surface area contributed by atoms with Crippen molar-refractivity contribution in [2.24, 2.45) is 7.05 Å². The lowest BCUT2D eigenvalue weighted by molar-refractivity contribution is 0.445. The number of nitrogens with zero attached hydrogens (tertiary/aromatic N) is 3. The maximum absolute atomic E-state index is 13.9. The molecule has 0 atom stereocenters. The van der Waals surface area contributed by atoms with Gasteiger partial charge in [-0.25, -0.2) is 17.8 Å². The highest BCUT2D eigenvalue weighted by atomic mass is 35.5. The molecule has 0 aliphatic rings. The predicted molar refractivity (Wildman–Crippen MR) is 77.8 cm³/mol. The molecule has 0 aliphatic carbocycles. The van der Waals surface area contributed by atoms with Gasteiger partial charge in [-0.2, -0.15) is 4.31 Å². The van der Waals surface area contributed by atoms with Gasteiger partial charge in [-0.15, -0.1) is 11.6 Å². The average molecular weight is 332 g/mol. The van der Waals surface area contributed by atoms with Crippen LogP contribution >= 0.6 is 11.6 Å². The van der Waals surface area contributed by atoms with Gasteiger partial charge in [-0.3, -0.25) is 0 Å². The van der Waals surface area contributed by atoms with Crippen LogP contribution in [0, 0.1) is 5.82 Å². The summed E-state index contributed by atoms with van der Waals surface area (Å²) in [6, 6.07) is 3.83. The van der Waals surface area contributed by atoms with Crippen molar-refractivity contribution in [3.63, 3.8) is 0 Å². The Balaban J connectivity index is 2.35. The standard InChI is InChI=1S/C13H15ClFN3O2S/c1-17-6-5-16-13(17)9-18(2)21(19,20)12-7-10(8-14)3-4-11(12)15/h3-7H,8-9H2,1-2H3. The van der Waals surface area contributed by atoms with E-state index in [4.69, 9.17) is 11.6 Å². The van der Waals surface area contributed by atoms with Crippen LogP contribution in [0.15, 0.2) is 35.5 Å². The van der Waals surface area contributed by atoms with E-state index in [2.05, 4.69) is 4.98 Å². The quantitative estimate of drug-likeness (QED) is 0.789. The molecular formula is C13H15ClFN3O2S. The van der Waals surface area contributed by atoms with Gasteiger partial charge in [0.05, 0.1) is 6.54 Å². The van der Waals surface area contributed by atoms with Crippen LogP contribution in [-0.4, -0.2) is 29.3 Å². The summed E-state index contributed by atoms with van der Waals surface area (Å²) >= 11 is 5.67. The zero-order chi connectivity index (χ0) is 15.6. The first-order valence-electron chi connectivity index (χ1n) is 6.13. The number of hydrogen-bond donors (Lipinski definition) is 0. The molecule has 0 unspecified atom stereocenters. The van der Waals surface area contributed by atoms with E-state index in [0.29, 0.717) is 11.4 Å². The lowest BCUT2D eigenvalue weighted by Crippen LogP contribution is -2.28. The summed E-state index contributed by atoms with van der Waals surface area (Å²) in [5.41, 5.74) is 0.544. The molecule has 0 aliphatic heterocycles. The van der Waals surface area contributed by atoms with E-state index >= 15 is 0 Å². The van der Waals surface area contributed by atoms with E-state index in [9.17, 15) is 12.8 Å². The monoisotopic (exact) mass is 331 g/mol. The molecule has 0 saturated heterocycles. The molecule has 0 radical (unpaired) electrons. The molecule has 21 heavy (non-hydrogen) atoms. The first kappa shape index (κ1) is 15.9. The van der Waals surface area contributed by atoms with Crippen molar-refractivity contribution in [1.82, 2.24) is 13.9 Å². The van der Waals surface area contributed by atoms with Crippen LogP contribution in [0.4, 0.5) is 4.39 Å². The molecule has 0 saturated carbocycles. The molecule has 2 aromatic rings. The SMILES string of the molecule is CN(Cc1nccn1C)S(=O)(=O)c1cc(CCl)ccc1F. The molecule has 1 aromatic carbocycles. The van der Waals surface area contributed by atoms with Gasteiger partial charge < -0.3 is 4.57 Å². The van der Waals surface area contributed by atoms with E-state index in [0.717, 1.165) is 10.4 Å². The second-order valence-corrected chi connectivity index (χ2v) is 6.89. The van der Waals surface area contributed by atoms with Gasteiger partial charge in [-0.1, -0.05) is 6.07 Å². The van der Waals surface area contributed by atoms with Crippen LogP contribution in [0.3, 0.4) is 0 Å². The number of halogens is 2. The summed E-state index contributed by atoms with van der Waals surface area (Å²) in [4.78, 5) is 3.68. The predicted octanol–water partition coefficient (Wildman–Crippen LogP) is 2.12. The molecule has 0 bridgehead atoms. The Morgan fingerprint density at radius 3 is 2.71 bits per heavy atom. The Bertz CT molecular complexity index is 746. The summed E-state index contributed by atoms with van der Waals surface area (Å²) in [5, 5.41) is 0. The number of benzene rings is 1. The summed E-state index contributed by atoms with van der Waals surface area (Å²) in [7, 11) is -0.802. The molecule has 5 nitrogen and oxygen atoms in total. The van der Waals surface area contributed by atoms with Crippen molar-refractivity contribution in [1.29, 1.82) is 0 Å². The van der Waals surface area contributed by atoms with Gasteiger partial charge >= 0.3 is 0 Å². The zero-order valence-corrected chi connectivity index (χ0v) is 13.2. The Hall–Kier alpha value is -1.44. The van der Waals surface area contributed by atoms with Gasteiger partial charge in [0.2, 0.25) is 10.0 Å². The van der Waals surface area contributed by atoms with Crippen molar-refractivity contribution in [2.45, 2.75) is 17.3 Å². The first-order chi connectivity index (χ1) is 9.86. The lowest BCUT2D eigenvalue weighted by atomic mass is 10.2. The Morgan fingerprint density at radius 2 is 2.14 bits per heavy atom. The highest BCUT2D eigenvalue weighted by Gasteiger charge is 2.25. The Morgan fingerprint density at radius 1 is 1.43 bits per heavy atom. The van der Waals surface area contributed by atoms with Crippen LogP contribution in [0.25, 0.3) is 0 Å². The minimum atomic E-state index is -3.95. The van der Waals surface area contributed by atoms with Crippen molar-refractivity contribution in [3.8, 4) is 0 Å². The molecular weight excluding hydrogens is 317 g/mol. The van der Waals surface area contributed by atoms with Crippen LogP contribution < -0.4 is 0 Å². The van der Waals surface area contributed by atoms with E-state index in [1.807, 2.05) is 0 Å². The maximum atomic E-state index is 13.9. The van der Waals surface area contributed by atoms with E-state index < -0.39 is 15.8 Å². The number of hydrogen-bond acceptors (Lipinski definition) is 3. The van der Waals surface area contributed by atoms with Crippen LogP contribution in [0.1, 0.15) is 11.4 Å². The van der Waals surface area contributed by atoms with Gasteiger partial charge in [-0.05, 0) is 17.7 Å². The summed E-state index contributed by atoms with van der Waals surface area (Å²) in [5.74, 6) is -0.114. The second-order valence-electron chi connectivity index (χ2n) is 4.61. The lowest BCUT2D eigenvalue weighted by Gasteiger charge is -2.17. The molecule has 0 fully saturated rings. The number of alkyl halides is 1. The third-order valence-electron chi connectivity index (χ3n) is 3.12. The van der Waals surface area contributed by atoms with E-state index in [1.54, 1.807) is 24.0 Å². The fraction of sp³-hybridized carbons (Fsp3) is 0.308. The smallest absolute Gasteiger partial charge is 0.246 e.